The van der Waals surface area contributed by atoms with Crippen LogP contribution in [0.1, 0.15) is 20.8 Å². The van der Waals surface area contributed by atoms with Gasteiger partial charge in [-0.15, -0.1) is 0 Å². The van der Waals surface area contributed by atoms with Gasteiger partial charge in [0.25, 0.3) is 0 Å². The first-order chi connectivity index (χ1) is 15.2. The second kappa shape index (κ2) is 10.2. The first-order valence-electron chi connectivity index (χ1n) is 10.5. The van der Waals surface area contributed by atoms with Crippen LogP contribution in [0.3, 0.4) is 0 Å². The Balaban J connectivity index is 1.55. The van der Waals surface area contributed by atoms with Crippen LogP contribution in [-0.4, -0.2) is 74.6 Å². The molecule has 0 saturated carbocycles. The van der Waals surface area contributed by atoms with Crippen LogP contribution in [0.2, 0.25) is 0 Å². The average Bonchev–Trinajstić information content (AvgIpc) is 2.78. The summed E-state index contributed by atoms with van der Waals surface area (Å²) in [5, 5.41) is 2.87. The zero-order chi connectivity index (χ0) is 23.3. The second-order valence-electron chi connectivity index (χ2n) is 7.89. The highest BCUT2D eigenvalue weighted by atomic mass is 32.2. The minimum Gasteiger partial charge on any atom is -0.481 e. The van der Waals surface area contributed by atoms with Crippen LogP contribution in [0.4, 0.5) is 11.6 Å². The summed E-state index contributed by atoms with van der Waals surface area (Å²) in [5.74, 6) is 0.985. The van der Waals surface area contributed by atoms with Gasteiger partial charge in [-0.1, -0.05) is 0 Å². The summed E-state index contributed by atoms with van der Waals surface area (Å²) in [5.41, 5.74) is 0.550. The lowest BCUT2D eigenvalue weighted by Crippen LogP contribution is -2.53. The fourth-order valence-electron chi connectivity index (χ4n) is 3.42. The van der Waals surface area contributed by atoms with E-state index in [0.717, 1.165) is 0 Å². The molecule has 1 fully saturated rings. The molecule has 0 radical (unpaired) electrons. The number of carbonyl (C=O) groups is 1. The average molecular weight is 463 g/mol. The Bertz CT molecular complexity index is 1020. The Labute approximate surface area is 189 Å². The first-order valence-corrected chi connectivity index (χ1v) is 12.0. The Hall–Kier alpha value is -2.76. The molecule has 0 spiro atoms. The number of carbonyl (C=O) groups excluding carboxylic acids is 1. The van der Waals surface area contributed by atoms with Crippen molar-refractivity contribution in [1.82, 2.24) is 19.6 Å². The smallest absolute Gasteiger partial charge is 0.241 e. The number of nitrogens with one attached hydrogen (secondary N) is 2. The Morgan fingerprint density at radius 2 is 1.72 bits per heavy atom. The number of anilines is 2. The number of methoxy groups -OCH3 is 1. The van der Waals surface area contributed by atoms with Crippen molar-refractivity contribution >= 4 is 27.6 Å². The number of rotatable bonds is 8. The first kappa shape index (κ1) is 23.9. The van der Waals surface area contributed by atoms with Gasteiger partial charge in [0.1, 0.15) is 0 Å². The van der Waals surface area contributed by atoms with Crippen molar-refractivity contribution in [3.8, 4) is 5.88 Å². The maximum atomic E-state index is 12.7. The fourth-order valence-corrected chi connectivity index (χ4v) is 4.67. The zero-order valence-corrected chi connectivity index (χ0v) is 19.6. The summed E-state index contributed by atoms with van der Waals surface area (Å²) in [7, 11) is -2.00. The van der Waals surface area contributed by atoms with Gasteiger partial charge in [-0.25, -0.2) is 18.1 Å². The molecule has 1 atom stereocenters. The molecule has 3 rings (SSSR count). The molecule has 11 heteroatoms. The summed E-state index contributed by atoms with van der Waals surface area (Å²) in [6.45, 7) is 8.15. The summed E-state index contributed by atoms with van der Waals surface area (Å²) < 4.78 is 32.2. The van der Waals surface area contributed by atoms with E-state index in [2.05, 4.69) is 29.8 Å². The third kappa shape index (κ3) is 5.93. The maximum Gasteiger partial charge on any atom is 0.241 e. The van der Waals surface area contributed by atoms with Crippen molar-refractivity contribution in [3.05, 3.63) is 36.5 Å². The van der Waals surface area contributed by atoms with Crippen molar-refractivity contribution in [2.24, 2.45) is 0 Å². The largest absolute Gasteiger partial charge is 0.481 e. The highest BCUT2D eigenvalue weighted by molar-refractivity contribution is 7.89. The molecule has 32 heavy (non-hydrogen) atoms. The highest BCUT2D eigenvalue weighted by Crippen LogP contribution is 2.18. The zero-order valence-electron chi connectivity index (χ0n) is 18.8. The molecule has 2 heterocycles. The third-order valence-electron chi connectivity index (χ3n) is 5.17. The van der Waals surface area contributed by atoms with Gasteiger partial charge in [-0.05, 0) is 45.0 Å². The molecule has 1 aromatic carbocycles. The van der Waals surface area contributed by atoms with Gasteiger partial charge in [-0.2, -0.15) is 4.98 Å². The van der Waals surface area contributed by atoms with Crippen LogP contribution in [-0.2, 0) is 14.8 Å². The van der Waals surface area contributed by atoms with Gasteiger partial charge in [0.15, 0.2) is 0 Å². The topological polar surface area (TPSA) is 117 Å². The number of hydrogen-bond acceptors (Lipinski definition) is 8. The molecule has 174 valence electrons. The number of nitrogens with zero attached hydrogens (tertiary/aromatic N) is 4. The minimum absolute atomic E-state index is 0.146. The maximum absolute atomic E-state index is 12.7. The number of ether oxygens (including phenoxy) is 1. The molecule has 1 aliphatic rings. The van der Waals surface area contributed by atoms with E-state index < -0.39 is 10.0 Å². The molecule has 0 unspecified atom stereocenters. The van der Waals surface area contributed by atoms with E-state index in [4.69, 9.17) is 4.74 Å². The van der Waals surface area contributed by atoms with E-state index >= 15 is 0 Å². The predicted octanol–water partition coefficient (Wildman–Crippen LogP) is 1.32. The molecule has 2 N–H and O–H groups in total. The Morgan fingerprint density at radius 3 is 2.31 bits per heavy atom. The molecule has 1 aromatic heterocycles. The van der Waals surface area contributed by atoms with Crippen LogP contribution in [0.5, 0.6) is 5.88 Å². The highest BCUT2D eigenvalue weighted by Gasteiger charge is 2.27. The number of aromatic nitrogens is 2. The summed E-state index contributed by atoms with van der Waals surface area (Å²) in [6, 6.07) is 7.32. The summed E-state index contributed by atoms with van der Waals surface area (Å²) in [6.07, 6.45) is 1.67. The minimum atomic E-state index is -3.56. The number of hydrogen-bond donors (Lipinski definition) is 2. The molecule has 1 saturated heterocycles. The van der Waals surface area contributed by atoms with Crippen LogP contribution in [0.25, 0.3) is 0 Å². The standard InChI is InChI=1S/C21H30N6O4S/c1-15(2)25-32(29,30)18-7-5-17(6-8-18)23-20(28)16(3)26-11-13-27(14-12-26)21-22-10-9-19(24-21)31-4/h5-10,15-16,25H,11-14H2,1-4H3,(H,23,28)/t16-/m1/s1. The summed E-state index contributed by atoms with van der Waals surface area (Å²) >= 11 is 0. The lowest BCUT2D eigenvalue weighted by Gasteiger charge is -2.37. The summed E-state index contributed by atoms with van der Waals surface area (Å²) in [4.78, 5) is 25.7. The van der Waals surface area contributed by atoms with E-state index in [1.165, 1.54) is 12.1 Å². The van der Waals surface area contributed by atoms with E-state index in [1.54, 1.807) is 45.4 Å². The molecular formula is C21H30N6O4S. The van der Waals surface area contributed by atoms with Gasteiger partial charge in [0.05, 0.1) is 18.0 Å². The molecular weight excluding hydrogens is 432 g/mol. The van der Waals surface area contributed by atoms with Gasteiger partial charge < -0.3 is 15.0 Å². The van der Waals surface area contributed by atoms with Crippen LogP contribution >= 0.6 is 0 Å². The molecule has 0 aliphatic carbocycles. The van der Waals surface area contributed by atoms with Gasteiger partial charge in [0, 0.05) is 50.2 Å². The molecule has 2 aromatic rings. The van der Waals surface area contributed by atoms with Crippen molar-refractivity contribution in [3.63, 3.8) is 0 Å². The predicted molar refractivity (Wildman–Crippen MR) is 122 cm³/mol. The van der Waals surface area contributed by atoms with E-state index in [-0.39, 0.29) is 22.9 Å². The van der Waals surface area contributed by atoms with E-state index in [9.17, 15) is 13.2 Å². The monoisotopic (exact) mass is 462 g/mol. The van der Waals surface area contributed by atoms with Gasteiger partial charge in [-0.3, -0.25) is 9.69 Å². The number of piperazine rings is 1. The number of amides is 1. The van der Waals surface area contributed by atoms with Crippen LogP contribution in [0.15, 0.2) is 41.4 Å². The molecule has 10 nitrogen and oxygen atoms in total. The SMILES string of the molecule is COc1ccnc(N2CCN([C@H](C)C(=O)Nc3ccc(S(=O)(=O)NC(C)C)cc3)CC2)n1. The Kier molecular flexibility index (Phi) is 7.64. The van der Waals surface area contributed by atoms with Crippen molar-refractivity contribution < 1.29 is 17.9 Å². The van der Waals surface area contributed by atoms with E-state index in [0.29, 0.717) is 43.7 Å². The van der Waals surface area contributed by atoms with Crippen LogP contribution in [0, 0.1) is 0 Å². The molecule has 0 bridgehead atoms. The van der Waals surface area contributed by atoms with Gasteiger partial charge >= 0.3 is 0 Å². The normalized spacial score (nSPS) is 16.1. The second-order valence-corrected chi connectivity index (χ2v) is 9.60. The number of sulfonamides is 1. The lowest BCUT2D eigenvalue weighted by molar-refractivity contribution is -0.120. The van der Waals surface area contributed by atoms with Crippen molar-refractivity contribution in [1.29, 1.82) is 0 Å². The Morgan fingerprint density at radius 1 is 1.06 bits per heavy atom. The lowest BCUT2D eigenvalue weighted by atomic mass is 10.2. The third-order valence-corrected chi connectivity index (χ3v) is 6.85. The fraction of sp³-hybridized carbons (Fsp3) is 0.476. The molecule has 1 aliphatic heterocycles. The van der Waals surface area contributed by atoms with Crippen molar-refractivity contribution in [2.75, 3.05) is 43.5 Å². The van der Waals surface area contributed by atoms with Crippen molar-refractivity contribution in [2.45, 2.75) is 37.8 Å². The molecule has 1 amide bonds. The van der Waals surface area contributed by atoms with Crippen LogP contribution < -0.4 is 19.7 Å². The quantitative estimate of drug-likeness (QED) is 0.603. The number of benzene rings is 1. The van der Waals surface area contributed by atoms with E-state index in [1.807, 2.05) is 6.92 Å². The van der Waals surface area contributed by atoms with Gasteiger partial charge in [0.2, 0.25) is 27.8 Å².